The SMILES string of the molecule is CN1CCN(NCc2ccc(SC(F)(F)F)cc2)CC1. The average Bonchev–Trinajstić information content (AvgIpc) is 2.38. The molecule has 0 bridgehead atoms. The molecule has 3 nitrogen and oxygen atoms in total. The summed E-state index contributed by atoms with van der Waals surface area (Å²) in [5, 5.41) is 2.15. The minimum absolute atomic E-state index is 0.0805. The minimum atomic E-state index is -4.22. The topological polar surface area (TPSA) is 18.5 Å². The zero-order valence-corrected chi connectivity index (χ0v) is 12.1. The number of nitrogens with one attached hydrogen (secondary N) is 1. The molecule has 0 saturated carbocycles. The van der Waals surface area contributed by atoms with Gasteiger partial charge in [-0.1, -0.05) is 12.1 Å². The van der Waals surface area contributed by atoms with Crippen molar-refractivity contribution < 1.29 is 13.2 Å². The fourth-order valence-electron chi connectivity index (χ4n) is 1.98. The van der Waals surface area contributed by atoms with Crippen LogP contribution in [-0.2, 0) is 6.54 Å². The Bertz CT molecular complexity index is 414. The second kappa shape index (κ2) is 6.80. The summed E-state index contributed by atoms with van der Waals surface area (Å²) in [6.07, 6.45) is 0. The largest absolute Gasteiger partial charge is 0.446 e. The average molecular weight is 305 g/mol. The molecule has 1 aromatic carbocycles. The van der Waals surface area contributed by atoms with Crippen LogP contribution in [0.25, 0.3) is 0 Å². The molecule has 1 heterocycles. The van der Waals surface area contributed by atoms with E-state index in [1.165, 1.54) is 12.1 Å². The van der Waals surface area contributed by atoms with Crippen LogP contribution in [0.4, 0.5) is 13.2 Å². The Morgan fingerprint density at radius 3 is 2.25 bits per heavy atom. The van der Waals surface area contributed by atoms with E-state index in [2.05, 4.69) is 22.4 Å². The molecule has 0 spiro atoms. The van der Waals surface area contributed by atoms with E-state index >= 15 is 0 Å². The van der Waals surface area contributed by atoms with Crippen molar-refractivity contribution in [1.29, 1.82) is 0 Å². The summed E-state index contributed by atoms with van der Waals surface area (Å²) in [5.74, 6) is 0. The molecule has 0 amide bonds. The Morgan fingerprint density at radius 1 is 1.10 bits per heavy atom. The zero-order chi connectivity index (χ0) is 14.6. The van der Waals surface area contributed by atoms with Gasteiger partial charge >= 0.3 is 5.51 Å². The van der Waals surface area contributed by atoms with E-state index in [0.717, 1.165) is 31.7 Å². The highest BCUT2D eigenvalue weighted by Gasteiger charge is 2.28. The third-order valence-electron chi connectivity index (χ3n) is 3.17. The van der Waals surface area contributed by atoms with Crippen LogP contribution in [0.3, 0.4) is 0 Å². The third-order valence-corrected chi connectivity index (χ3v) is 3.91. The van der Waals surface area contributed by atoms with Crippen molar-refractivity contribution in [2.45, 2.75) is 16.9 Å². The lowest BCUT2D eigenvalue weighted by Crippen LogP contribution is -2.50. The molecular formula is C13H18F3N3S. The number of likely N-dealkylation sites (N-methyl/N-ethyl adjacent to an activating group) is 1. The van der Waals surface area contributed by atoms with Gasteiger partial charge in [-0.25, -0.2) is 5.01 Å². The zero-order valence-electron chi connectivity index (χ0n) is 11.3. The van der Waals surface area contributed by atoms with Crippen molar-refractivity contribution in [2.75, 3.05) is 33.2 Å². The number of benzene rings is 1. The normalized spacial score (nSPS) is 18.4. The molecule has 0 aromatic heterocycles. The number of halogens is 3. The molecule has 1 fully saturated rings. The highest BCUT2D eigenvalue weighted by Crippen LogP contribution is 2.36. The third kappa shape index (κ3) is 5.32. The van der Waals surface area contributed by atoms with Crippen LogP contribution in [0.1, 0.15) is 5.56 Å². The lowest BCUT2D eigenvalue weighted by atomic mass is 10.2. The quantitative estimate of drug-likeness (QED) is 0.861. The Morgan fingerprint density at radius 2 is 1.70 bits per heavy atom. The van der Waals surface area contributed by atoms with Gasteiger partial charge in [0.2, 0.25) is 0 Å². The molecule has 0 atom stereocenters. The van der Waals surface area contributed by atoms with Gasteiger partial charge in [0.15, 0.2) is 0 Å². The van der Waals surface area contributed by atoms with E-state index in [4.69, 9.17) is 0 Å². The van der Waals surface area contributed by atoms with Crippen molar-refractivity contribution in [1.82, 2.24) is 15.3 Å². The van der Waals surface area contributed by atoms with E-state index in [1.54, 1.807) is 12.1 Å². The van der Waals surface area contributed by atoms with Crippen molar-refractivity contribution in [3.05, 3.63) is 29.8 Å². The van der Waals surface area contributed by atoms with Crippen LogP contribution >= 0.6 is 11.8 Å². The van der Waals surface area contributed by atoms with Crippen molar-refractivity contribution in [2.24, 2.45) is 0 Å². The Balaban J connectivity index is 1.79. The fourth-order valence-corrected chi connectivity index (χ4v) is 2.52. The summed E-state index contributed by atoms with van der Waals surface area (Å²) >= 11 is -0.0805. The summed E-state index contributed by atoms with van der Waals surface area (Å²) in [4.78, 5) is 2.49. The van der Waals surface area contributed by atoms with Crippen molar-refractivity contribution in [3.63, 3.8) is 0 Å². The smallest absolute Gasteiger partial charge is 0.304 e. The van der Waals surface area contributed by atoms with E-state index in [1.807, 2.05) is 0 Å². The highest BCUT2D eigenvalue weighted by molar-refractivity contribution is 8.00. The first kappa shape index (κ1) is 15.6. The molecular weight excluding hydrogens is 287 g/mol. The Hall–Kier alpha value is -0.760. The maximum Gasteiger partial charge on any atom is 0.446 e. The van der Waals surface area contributed by atoms with Crippen LogP contribution in [-0.4, -0.2) is 48.6 Å². The first-order chi connectivity index (χ1) is 9.42. The standard InChI is InChI=1S/C13H18F3N3S/c1-18-6-8-19(9-7-18)17-10-11-2-4-12(5-3-11)20-13(14,15)16/h2-5,17H,6-10H2,1H3. The first-order valence-electron chi connectivity index (χ1n) is 6.44. The minimum Gasteiger partial charge on any atom is -0.304 e. The molecule has 20 heavy (non-hydrogen) atoms. The number of rotatable bonds is 4. The van der Waals surface area contributed by atoms with Gasteiger partial charge in [-0.05, 0) is 36.5 Å². The van der Waals surface area contributed by atoms with E-state index in [0.29, 0.717) is 6.54 Å². The molecule has 1 saturated heterocycles. The van der Waals surface area contributed by atoms with Gasteiger partial charge in [0.25, 0.3) is 0 Å². The van der Waals surface area contributed by atoms with Crippen LogP contribution in [0.2, 0.25) is 0 Å². The van der Waals surface area contributed by atoms with Gasteiger partial charge in [-0.2, -0.15) is 13.2 Å². The summed E-state index contributed by atoms with van der Waals surface area (Å²) < 4.78 is 36.6. The van der Waals surface area contributed by atoms with Gasteiger partial charge < -0.3 is 4.90 Å². The molecule has 1 N–H and O–H groups in total. The lowest BCUT2D eigenvalue weighted by molar-refractivity contribution is -0.0328. The maximum atomic E-state index is 12.2. The van der Waals surface area contributed by atoms with Crippen LogP contribution in [0.15, 0.2) is 29.2 Å². The lowest BCUT2D eigenvalue weighted by Gasteiger charge is -2.32. The molecule has 7 heteroatoms. The monoisotopic (exact) mass is 305 g/mol. The fraction of sp³-hybridized carbons (Fsp3) is 0.538. The van der Waals surface area contributed by atoms with Crippen molar-refractivity contribution in [3.8, 4) is 0 Å². The number of hydrogen-bond acceptors (Lipinski definition) is 4. The summed E-state index contributed by atoms with van der Waals surface area (Å²) in [6, 6.07) is 6.49. The van der Waals surface area contributed by atoms with Crippen LogP contribution < -0.4 is 5.43 Å². The second-order valence-corrected chi connectivity index (χ2v) is 5.96. The molecule has 1 aliphatic rings. The number of hydrazine groups is 1. The molecule has 2 rings (SSSR count). The molecule has 1 aromatic rings. The number of nitrogens with zero attached hydrogens (tertiary/aromatic N) is 2. The predicted molar refractivity (Wildman–Crippen MR) is 74.3 cm³/mol. The Labute approximate surface area is 121 Å². The molecule has 0 aliphatic carbocycles. The van der Waals surface area contributed by atoms with E-state index < -0.39 is 5.51 Å². The van der Waals surface area contributed by atoms with E-state index in [9.17, 15) is 13.2 Å². The number of piperazine rings is 1. The van der Waals surface area contributed by atoms with Gasteiger partial charge in [-0.3, -0.25) is 5.43 Å². The molecule has 0 radical (unpaired) electrons. The van der Waals surface area contributed by atoms with Crippen LogP contribution in [0, 0.1) is 0 Å². The molecule has 1 aliphatic heterocycles. The van der Waals surface area contributed by atoms with Crippen molar-refractivity contribution >= 4 is 11.8 Å². The van der Waals surface area contributed by atoms with E-state index in [-0.39, 0.29) is 16.7 Å². The summed E-state index contributed by atoms with van der Waals surface area (Å²) in [7, 11) is 2.09. The molecule has 112 valence electrons. The number of thioether (sulfide) groups is 1. The predicted octanol–water partition coefficient (Wildman–Crippen LogP) is 2.55. The number of hydrogen-bond donors (Lipinski definition) is 1. The van der Waals surface area contributed by atoms with Gasteiger partial charge in [0, 0.05) is 37.6 Å². The van der Waals surface area contributed by atoms with Crippen LogP contribution in [0.5, 0.6) is 0 Å². The highest BCUT2D eigenvalue weighted by atomic mass is 32.2. The summed E-state index contributed by atoms with van der Waals surface area (Å²) in [6.45, 7) is 4.60. The summed E-state index contributed by atoms with van der Waals surface area (Å²) in [5.41, 5.74) is 0.0631. The maximum absolute atomic E-state index is 12.2. The van der Waals surface area contributed by atoms with Gasteiger partial charge in [0.05, 0.1) is 0 Å². The Kier molecular flexibility index (Phi) is 5.31. The first-order valence-corrected chi connectivity index (χ1v) is 7.26. The van der Waals surface area contributed by atoms with Gasteiger partial charge in [0.1, 0.15) is 0 Å². The second-order valence-electron chi connectivity index (χ2n) is 4.82. The molecule has 0 unspecified atom stereocenters. The van der Waals surface area contributed by atoms with Gasteiger partial charge in [-0.15, -0.1) is 0 Å². The number of alkyl halides is 3.